The summed E-state index contributed by atoms with van der Waals surface area (Å²) in [5.74, 6) is 2.44. The summed E-state index contributed by atoms with van der Waals surface area (Å²) < 4.78 is 7.42. The third-order valence-corrected chi connectivity index (χ3v) is 4.85. The Labute approximate surface area is 141 Å². The zero-order valence-electron chi connectivity index (χ0n) is 13.7. The van der Waals surface area contributed by atoms with Crippen molar-refractivity contribution >= 4 is 6.03 Å². The van der Waals surface area contributed by atoms with Gasteiger partial charge in [-0.15, -0.1) is 10.2 Å². The molecule has 0 radical (unpaired) electrons. The van der Waals surface area contributed by atoms with Crippen LogP contribution in [0.4, 0.5) is 4.79 Å². The molecule has 0 bridgehead atoms. The van der Waals surface area contributed by atoms with Crippen molar-refractivity contribution in [1.29, 1.82) is 0 Å². The highest BCUT2D eigenvalue weighted by Gasteiger charge is 2.32. The predicted octanol–water partition coefficient (Wildman–Crippen LogP) is 2.72. The van der Waals surface area contributed by atoms with Crippen molar-refractivity contribution in [3.63, 3.8) is 0 Å². The molecule has 0 spiro atoms. The van der Waals surface area contributed by atoms with Gasteiger partial charge in [-0.2, -0.15) is 0 Å². The van der Waals surface area contributed by atoms with Crippen molar-refractivity contribution in [2.45, 2.75) is 51.2 Å². The lowest BCUT2D eigenvalue weighted by molar-refractivity contribution is 0.144. The third-order valence-electron chi connectivity index (χ3n) is 4.85. The maximum absolute atomic E-state index is 12.7. The molecule has 2 aliphatic rings. The number of amides is 2. The third kappa shape index (κ3) is 3.29. The number of aromatic nitrogens is 3. The van der Waals surface area contributed by atoms with Gasteiger partial charge in [0.25, 0.3) is 0 Å². The van der Waals surface area contributed by atoms with Gasteiger partial charge < -0.3 is 19.2 Å². The number of piperidine rings is 1. The molecule has 2 aromatic heterocycles. The molecule has 0 aromatic carbocycles. The van der Waals surface area contributed by atoms with E-state index in [0.717, 1.165) is 49.9 Å². The Bertz CT molecular complexity index is 677. The molecule has 1 saturated heterocycles. The second-order valence-electron chi connectivity index (χ2n) is 6.73. The SMILES string of the molecule is O=C(NCc1ccco1)N1CCCC[C@@H]1c1nncn1CC1CC1. The number of nitrogens with zero attached hydrogens (tertiary/aromatic N) is 4. The number of rotatable bonds is 5. The Morgan fingerprint density at radius 2 is 2.25 bits per heavy atom. The maximum Gasteiger partial charge on any atom is 0.318 e. The molecule has 1 aliphatic carbocycles. The lowest BCUT2D eigenvalue weighted by Gasteiger charge is -2.35. The largest absolute Gasteiger partial charge is 0.467 e. The molecule has 2 fully saturated rings. The van der Waals surface area contributed by atoms with Crippen molar-refractivity contribution in [3.05, 3.63) is 36.3 Å². The molecule has 1 aliphatic heterocycles. The summed E-state index contributed by atoms with van der Waals surface area (Å²) in [5.41, 5.74) is 0. The van der Waals surface area contributed by atoms with Crippen molar-refractivity contribution in [3.8, 4) is 0 Å². The Morgan fingerprint density at radius 1 is 1.33 bits per heavy atom. The Hall–Kier alpha value is -2.31. The lowest BCUT2D eigenvalue weighted by atomic mass is 10.0. The summed E-state index contributed by atoms with van der Waals surface area (Å²) in [5, 5.41) is 11.4. The highest BCUT2D eigenvalue weighted by atomic mass is 16.3. The van der Waals surface area contributed by atoms with Crippen molar-refractivity contribution in [1.82, 2.24) is 25.0 Å². The molecule has 7 heteroatoms. The fourth-order valence-corrected chi connectivity index (χ4v) is 3.36. The average Bonchev–Trinajstić information content (AvgIpc) is 3.09. The van der Waals surface area contributed by atoms with Crippen molar-refractivity contribution < 1.29 is 9.21 Å². The van der Waals surface area contributed by atoms with E-state index in [-0.39, 0.29) is 12.1 Å². The summed E-state index contributed by atoms with van der Waals surface area (Å²) in [7, 11) is 0. The lowest BCUT2D eigenvalue weighted by Crippen LogP contribution is -2.45. The molecule has 1 atom stereocenters. The number of urea groups is 1. The van der Waals surface area contributed by atoms with Gasteiger partial charge in [0.2, 0.25) is 0 Å². The minimum atomic E-state index is -0.0583. The van der Waals surface area contributed by atoms with Crippen LogP contribution >= 0.6 is 0 Å². The van der Waals surface area contributed by atoms with E-state index in [0.29, 0.717) is 6.54 Å². The molecular weight excluding hydrogens is 306 g/mol. The average molecular weight is 329 g/mol. The second-order valence-corrected chi connectivity index (χ2v) is 6.73. The number of nitrogens with one attached hydrogen (secondary N) is 1. The van der Waals surface area contributed by atoms with Crippen LogP contribution < -0.4 is 5.32 Å². The summed E-state index contributed by atoms with van der Waals surface area (Å²) in [4.78, 5) is 14.6. The smallest absolute Gasteiger partial charge is 0.318 e. The minimum Gasteiger partial charge on any atom is -0.467 e. The Morgan fingerprint density at radius 3 is 3.04 bits per heavy atom. The van der Waals surface area contributed by atoms with E-state index in [2.05, 4.69) is 20.1 Å². The normalized spacial score (nSPS) is 21.0. The van der Waals surface area contributed by atoms with Gasteiger partial charge in [0.1, 0.15) is 12.1 Å². The minimum absolute atomic E-state index is 0.0107. The van der Waals surface area contributed by atoms with Crippen LogP contribution in [0.1, 0.15) is 49.7 Å². The van der Waals surface area contributed by atoms with E-state index < -0.39 is 0 Å². The van der Waals surface area contributed by atoms with Crippen LogP contribution in [0.15, 0.2) is 29.1 Å². The fourth-order valence-electron chi connectivity index (χ4n) is 3.36. The van der Waals surface area contributed by atoms with E-state index in [4.69, 9.17) is 4.42 Å². The Balaban J connectivity index is 1.46. The molecule has 0 unspecified atom stereocenters. The van der Waals surface area contributed by atoms with Crippen LogP contribution in [-0.4, -0.2) is 32.2 Å². The van der Waals surface area contributed by atoms with Crippen molar-refractivity contribution in [2.75, 3.05) is 6.54 Å². The summed E-state index contributed by atoms with van der Waals surface area (Å²) in [6, 6.07) is 3.64. The van der Waals surface area contributed by atoms with Gasteiger partial charge >= 0.3 is 6.03 Å². The highest BCUT2D eigenvalue weighted by molar-refractivity contribution is 5.74. The topological polar surface area (TPSA) is 76.2 Å². The molecule has 4 rings (SSSR count). The monoisotopic (exact) mass is 329 g/mol. The first-order chi connectivity index (χ1) is 11.8. The molecule has 2 aromatic rings. The number of hydrogen-bond donors (Lipinski definition) is 1. The van der Waals surface area contributed by atoms with E-state index in [1.165, 1.54) is 12.8 Å². The molecular formula is C17H23N5O2. The number of carbonyl (C=O) groups excluding carboxylic acids is 1. The first-order valence-corrected chi connectivity index (χ1v) is 8.76. The molecule has 7 nitrogen and oxygen atoms in total. The van der Waals surface area contributed by atoms with Crippen LogP contribution in [0, 0.1) is 5.92 Å². The maximum atomic E-state index is 12.7. The second kappa shape index (κ2) is 6.67. The molecule has 1 N–H and O–H groups in total. The van der Waals surface area contributed by atoms with Crippen LogP contribution in [0.2, 0.25) is 0 Å². The quantitative estimate of drug-likeness (QED) is 0.915. The molecule has 3 heterocycles. The molecule has 2 amide bonds. The van der Waals surface area contributed by atoms with E-state index in [1.54, 1.807) is 12.6 Å². The van der Waals surface area contributed by atoms with Crippen LogP contribution in [-0.2, 0) is 13.1 Å². The summed E-state index contributed by atoms with van der Waals surface area (Å²) in [6.45, 7) is 2.13. The van der Waals surface area contributed by atoms with Crippen molar-refractivity contribution in [2.24, 2.45) is 5.92 Å². The van der Waals surface area contributed by atoms with Gasteiger partial charge in [0.05, 0.1) is 18.8 Å². The van der Waals surface area contributed by atoms with Gasteiger partial charge in [0, 0.05) is 13.1 Å². The summed E-state index contributed by atoms with van der Waals surface area (Å²) >= 11 is 0. The number of carbonyl (C=O) groups is 1. The molecule has 24 heavy (non-hydrogen) atoms. The zero-order chi connectivity index (χ0) is 16.4. The molecule has 1 saturated carbocycles. The Kier molecular flexibility index (Phi) is 4.23. The molecule has 128 valence electrons. The van der Waals surface area contributed by atoms with E-state index >= 15 is 0 Å². The van der Waals surface area contributed by atoms with E-state index in [9.17, 15) is 4.79 Å². The zero-order valence-corrected chi connectivity index (χ0v) is 13.7. The van der Waals surface area contributed by atoms with E-state index in [1.807, 2.05) is 17.0 Å². The fraction of sp³-hybridized carbons (Fsp3) is 0.588. The van der Waals surface area contributed by atoms with Crippen LogP contribution in [0.3, 0.4) is 0 Å². The summed E-state index contributed by atoms with van der Waals surface area (Å²) in [6.07, 6.45) is 9.08. The number of furan rings is 1. The van der Waals surface area contributed by atoms with Gasteiger partial charge in [-0.05, 0) is 50.2 Å². The number of likely N-dealkylation sites (tertiary alicyclic amines) is 1. The first-order valence-electron chi connectivity index (χ1n) is 8.76. The predicted molar refractivity (Wildman–Crippen MR) is 87.0 cm³/mol. The van der Waals surface area contributed by atoms with Gasteiger partial charge in [-0.3, -0.25) is 0 Å². The van der Waals surface area contributed by atoms with Gasteiger partial charge in [-0.1, -0.05) is 0 Å². The number of hydrogen-bond acceptors (Lipinski definition) is 4. The first kappa shape index (κ1) is 15.2. The standard InChI is InChI=1S/C17H23N5O2/c23-17(18-10-14-4-3-9-24-14)22-8-2-1-5-15(22)16-20-19-12-21(16)11-13-6-7-13/h3-4,9,12-13,15H,1-2,5-8,10-11H2,(H,18,23)/t15-/m1/s1. The van der Waals surface area contributed by atoms with Gasteiger partial charge in [0.15, 0.2) is 5.82 Å². The van der Waals surface area contributed by atoms with Gasteiger partial charge in [-0.25, -0.2) is 4.79 Å². The van der Waals surface area contributed by atoms with Crippen LogP contribution in [0.5, 0.6) is 0 Å². The van der Waals surface area contributed by atoms with Crippen LogP contribution in [0.25, 0.3) is 0 Å². The highest BCUT2D eigenvalue weighted by Crippen LogP contribution is 2.34.